The SMILES string of the molecule is Cc1cc(C)n([C@H](C)C(=O)Nc2ccc(NC(=O)/C=C\c3ccccc3[N+](=O)[O-])cc2Cl)n1. The summed E-state index contributed by atoms with van der Waals surface area (Å²) in [6.07, 6.45) is 2.56. The Bertz CT molecular complexity index is 1250. The van der Waals surface area contributed by atoms with E-state index in [0.29, 0.717) is 16.9 Å². The molecule has 2 N–H and O–H groups in total. The molecule has 9 nitrogen and oxygen atoms in total. The van der Waals surface area contributed by atoms with E-state index in [1.165, 1.54) is 24.3 Å². The Morgan fingerprint density at radius 3 is 2.52 bits per heavy atom. The second-order valence-corrected chi connectivity index (χ2v) is 7.78. The fraction of sp³-hybridized carbons (Fsp3) is 0.174. The summed E-state index contributed by atoms with van der Waals surface area (Å²) in [5.41, 5.74) is 2.70. The van der Waals surface area contributed by atoms with Crippen molar-refractivity contribution in [1.82, 2.24) is 9.78 Å². The summed E-state index contributed by atoms with van der Waals surface area (Å²) >= 11 is 6.29. The minimum absolute atomic E-state index is 0.0978. The third kappa shape index (κ3) is 5.83. The molecule has 1 heterocycles. The minimum Gasteiger partial charge on any atom is -0.323 e. The predicted octanol–water partition coefficient (Wildman–Crippen LogP) is 4.91. The Morgan fingerprint density at radius 2 is 1.88 bits per heavy atom. The van der Waals surface area contributed by atoms with Crippen LogP contribution < -0.4 is 10.6 Å². The number of nitrogens with zero attached hydrogens (tertiary/aromatic N) is 3. The van der Waals surface area contributed by atoms with E-state index in [1.54, 1.807) is 41.9 Å². The van der Waals surface area contributed by atoms with E-state index in [0.717, 1.165) is 11.4 Å². The number of benzene rings is 2. The number of nitrogens with one attached hydrogen (secondary N) is 2. The van der Waals surface area contributed by atoms with E-state index in [1.807, 2.05) is 19.9 Å². The number of hydrogen-bond donors (Lipinski definition) is 2. The molecule has 0 radical (unpaired) electrons. The van der Waals surface area contributed by atoms with E-state index in [9.17, 15) is 19.7 Å². The lowest BCUT2D eigenvalue weighted by Gasteiger charge is -2.15. The highest BCUT2D eigenvalue weighted by molar-refractivity contribution is 6.34. The van der Waals surface area contributed by atoms with Crippen LogP contribution in [0.1, 0.15) is 29.9 Å². The summed E-state index contributed by atoms with van der Waals surface area (Å²) in [7, 11) is 0. The van der Waals surface area contributed by atoms with Crippen LogP contribution in [0.3, 0.4) is 0 Å². The van der Waals surface area contributed by atoms with Crippen molar-refractivity contribution in [2.45, 2.75) is 26.8 Å². The molecule has 1 atom stereocenters. The second kappa shape index (κ2) is 10.1. The molecule has 0 saturated carbocycles. The van der Waals surface area contributed by atoms with Crippen LogP contribution >= 0.6 is 11.6 Å². The lowest BCUT2D eigenvalue weighted by atomic mass is 10.1. The number of amides is 2. The molecule has 0 aliphatic rings. The van der Waals surface area contributed by atoms with Crippen molar-refractivity contribution in [3.63, 3.8) is 0 Å². The van der Waals surface area contributed by atoms with Gasteiger partial charge in [0.25, 0.3) is 5.69 Å². The molecule has 1 aromatic heterocycles. The number of carbonyl (C=O) groups excluding carboxylic acids is 2. The van der Waals surface area contributed by atoms with Crippen LogP contribution in [0.2, 0.25) is 5.02 Å². The summed E-state index contributed by atoms with van der Waals surface area (Å²) in [4.78, 5) is 35.4. The number of hydrogen-bond acceptors (Lipinski definition) is 5. The fourth-order valence-electron chi connectivity index (χ4n) is 3.22. The topological polar surface area (TPSA) is 119 Å². The van der Waals surface area contributed by atoms with Gasteiger partial charge in [-0.15, -0.1) is 0 Å². The van der Waals surface area contributed by atoms with Gasteiger partial charge < -0.3 is 10.6 Å². The fourth-order valence-corrected chi connectivity index (χ4v) is 3.45. The Morgan fingerprint density at radius 1 is 1.15 bits per heavy atom. The molecule has 0 saturated heterocycles. The highest BCUT2D eigenvalue weighted by atomic mass is 35.5. The Hall–Kier alpha value is -3.98. The number of halogens is 1. The molecule has 0 aliphatic carbocycles. The number of carbonyl (C=O) groups is 2. The van der Waals surface area contributed by atoms with Crippen LogP contribution in [0, 0.1) is 24.0 Å². The van der Waals surface area contributed by atoms with Crippen LogP contribution in [0.25, 0.3) is 6.08 Å². The van der Waals surface area contributed by atoms with Crippen molar-refractivity contribution in [2.24, 2.45) is 0 Å². The maximum atomic E-state index is 12.6. The molecule has 10 heteroatoms. The van der Waals surface area contributed by atoms with Gasteiger partial charge in [0.15, 0.2) is 0 Å². The Labute approximate surface area is 195 Å². The minimum atomic E-state index is -0.540. The average molecular weight is 468 g/mol. The maximum Gasteiger partial charge on any atom is 0.276 e. The molecule has 0 unspecified atom stereocenters. The van der Waals surface area contributed by atoms with Crippen LogP contribution in [-0.2, 0) is 9.59 Å². The van der Waals surface area contributed by atoms with Crippen molar-refractivity contribution in [3.8, 4) is 0 Å². The molecular formula is C23H22ClN5O4. The van der Waals surface area contributed by atoms with Gasteiger partial charge in [-0.2, -0.15) is 5.10 Å². The Balaban J connectivity index is 1.66. The summed E-state index contributed by atoms with van der Waals surface area (Å²) < 4.78 is 1.64. The van der Waals surface area contributed by atoms with E-state index in [-0.39, 0.29) is 16.6 Å². The molecule has 0 bridgehead atoms. The number of anilines is 2. The van der Waals surface area contributed by atoms with E-state index in [2.05, 4.69) is 15.7 Å². The predicted molar refractivity (Wildman–Crippen MR) is 127 cm³/mol. The van der Waals surface area contributed by atoms with Crippen molar-refractivity contribution >= 4 is 46.6 Å². The highest BCUT2D eigenvalue weighted by Gasteiger charge is 2.19. The quantitative estimate of drug-likeness (QED) is 0.290. The van der Waals surface area contributed by atoms with E-state index >= 15 is 0 Å². The van der Waals surface area contributed by atoms with Gasteiger partial charge in [0, 0.05) is 23.5 Å². The van der Waals surface area contributed by atoms with Crippen molar-refractivity contribution in [3.05, 3.63) is 86.7 Å². The number of nitro groups is 1. The maximum absolute atomic E-state index is 12.6. The smallest absolute Gasteiger partial charge is 0.276 e. The zero-order valence-corrected chi connectivity index (χ0v) is 19.0. The van der Waals surface area contributed by atoms with Crippen LogP contribution in [0.15, 0.2) is 54.6 Å². The molecule has 2 aromatic carbocycles. The number of nitro benzene ring substituents is 1. The normalized spacial score (nSPS) is 11.9. The van der Waals surface area contributed by atoms with E-state index in [4.69, 9.17) is 11.6 Å². The molecule has 3 aromatic rings. The molecule has 0 aliphatic heterocycles. The third-order valence-electron chi connectivity index (χ3n) is 4.83. The summed E-state index contributed by atoms with van der Waals surface area (Å²) in [6, 6.07) is 12.1. The first-order chi connectivity index (χ1) is 15.7. The number of rotatable bonds is 7. The third-order valence-corrected chi connectivity index (χ3v) is 5.15. The van der Waals surface area contributed by atoms with Crippen molar-refractivity contribution < 1.29 is 14.5 Å². The van der Waals surface area contributed by atoms with Gasteiger partial charge in [0.05, 0.1) is 26.9 Å². The van der Waals surface area contributed by atoms with Crippen LogP contribution in [0.4, 0.5) is 17.1 Å². The number of aromatic nitrogens is 2. The van der Waals surface area contributed by atoms with Gasteiger partial charge in [-0.1, -0.05) is 23.7 Å². The first-order valence-electron chi connectivity index (χ1n) is 10.0. The molecule has 3 rings (SSSR count). The summed E-state index contributed by atoms with van der Waals surface area (Å²) in [6.45, 7) is 5.47. The highest BCUT2D eigenvalue weighted by Crippen LogP contribution is 2.27. The van der Waals surface area contributed by atoms with Crippen molar-refractivity contribution in [1.29, 1.82) is 0 Å². The number of aryl methyl sites for hydroxylation is 2. The zero-order chi connectivity index (χ0) is 24.1. The van der Waals surface area contributed by atoms with E-state index < -0.39 is 16.9 Å². The first-order valence-corrected chi connectivity index (χ1v) is 10.4. The van der Waals surface area contributed by atoms with Gasteiger partial charge in [0.2, 0.25) is 11.8 Å². The second-order valence-electron chi connectivity index (χ2n) is 7.37. The first kappa shape index (κ1) is 23.7. The molecular weight excluding hydrogens is 446 g/mol. The van der Waals surface area contributed by atoms with Gasteiger partial charge in [-0.3, -0.25) is 24.4 Å². The zero-order valence-electron chi connectivity index (χ0n) is 18.2. The molecule has 0 fully saturated rings. The average Bonchev–Trinajstić information content (AvgIpc) is 3.11. The number of para-hydroxylation sites is 1. The lowest BCUT2D eigenvalue weighted by molar-refractivity contribution is -0.385. The Kier molecular flexibility index (Phi) is 7.24. The van der Waals surface area contributed by atoms with Gasteiger partial charge >= 0.3 is 0 Å². The van der Waals surface area contributed by atoms with Gasteiger partial charge in [-0.25, -0.2) is 0 Å². The summed E-state index contributed by atoms with van der Waals surface area (Å²) in [5, 5.41) is 21.0. The van der Waals surface area contributed by atoms with Gasteiger partial charge in [0.1, 0.15) is 6.04 Å². The van der Waals surface area contributed by atoms with Gasteiger partial charge in [-0.05, 0) is 57.2 Å². The molecule has 0 spiro atoms. The molecule has 170 valence electrons. The standard InChI is InChI=1S/C23H22ClN5O4/c1-14-12-15(2)28(27-14)16(3)23(31)26-20-10-9-18(13-19(20)24)25-22(30)11-8-17-6-4-5-7-21(17)29(32)33/h4-13,16H,1-3H3,(H,25,30)(H,26,31)/b11-8-/t16-/m1/s1. The largest absolute Gasteiger partial charge is 0.323 e. The van der Waals surface area contributed by atoms with Crippen LogP contribution in [-0.4, -0.2) is 26.5 Å². The van der Waals surface area contributed by atoms with Crippen molar-refractivity contribution in [2.75, 3.05) is 10.6 Å². The van der Waals surface area contributed by atoms with Crippen LogP contribution in [0.5, 0.6) is 0 Å². The summed E-state index contributed by atoms with van der Waals surface area (Å²) in [5.74, 6) is -0.772. The monoisotopic (exact) mass is 467 g/mol. The lowest BCUT2D eigenvalue weighted by Crippen LogP contribution is -2.25. The molecule has 2 amide bonds. The molecule has 33 heavy (non-hydrogen) atoms.